The summed E-state index contributed by atoms with van der Waals surface area (Å²) in [6, 6.07) is 0. The molecule has 0 amide bonds. The fourth-order valence-electron chi connectivity index (χ4n) is 2.19. The van der Waals surface area contributed by atoms with Crippen LogP contribution in [-0.4, -0.2) is 45.8 Å². The molecule has 0 radical (unpaired) electrons. The maximum Gasteiger partial charge on any atom is 0.316 e. The third-order valence-corrected chi connectivity index (χ3v) is 4.08. The van der Waals surface area contributed by atoms with E-state index in [1.807, 2.05) is 0 Å². The van der Waals surface area contributed by atoms with Crippen LogP contribution in [0.1, 0.15) is 32.5 Å². The lowest BCUT2D eigenvalue weighted by molar-refractivity contribution is -0.139. The number of ether oxygens (including phenoxy) is 2. The van der Waals surface area contributed by atoms with Crippen LogP contribution in [0.15, 0.2) is 5.16 Å². The molecule has 1 saturated heterocycles. The molecule has 1 aromatic heterocycles. The molecule has 1 atom stereocenters. The first kappa shape index (κ1) is 15.3. The summed E-state index contributed by atoms with van der Waals surface area (Å²) in [7, 11) is 0. The second kappa shape index (κ2) is 7.64. The number of hydrogen-bond acceptors (Lipinski definition) is 6. The van der Waals surface area contributed by atoms with Crippen molar-refractivity contribution in [3.05, 3.63) is 5.82 Å². The first-order valence-corrected chi connectivity index (χ1v) is 8.05. The highest BCUT2D eigenvalue weighted by Gasteiger charge is 2.20. The Hall–Kier alpha value is -1.08. The van der Waals surface area contributed by atoms with Gasteiger partial charge < -0.3 is 14.0 Å². The molecule has 2 heterocycles. The zero-order chi connectivity index (χ0) is 14.4. The van der Waals surface area contributed by atoms with Crippen LogP contribution in [0, 0.1) is 0 Å². The smallest absolute Gasteiger partial charge is 0.316 e. The standard InChI is InChI=1S/C13H21N3O3S/c1-3-11-14-15-13(20-9-12(17)18-4-2)16(11)8-10-6-5-7-19-10/h10H,3-9H2,1-2H3. The van der Waals surface area contributed by atoms with Crippen LogP contribution < -0.4 is 0 Å². The molecule has 1 unspecified atom stereocenters. The molecule has 0 bridgehead atoms. The van der Waals surface area contributed by atoms with E-state index >= 15 is 0 Å². The fraction of sp³-hybridized carbons (Fsp3) is 0.769. The van der Waals surface area contributed by atoms with Crippen LogP contribution in [0.3, 0.4) is 0 Å². The van der Waals surface area contributed by atoms with Gasteiger partial charge in [0.25, 0.3) is 0 Å². The van der Waals surface area contributed by atoms with Gasteiger partial charge in [0.2, 0.25) is 0 Å². The average molecular weight is 299 g/mol. The Labute approximate surface area is 123 Å². The average Bonchev–Trinajstić information content (AvgIpc) is 3.07. The number of hydrogen-bond donors (Lipinski definition) is 0. The zero-order valence-corrected chi connectivity index (χ0v) is 12.8. The number of thioether (sulfide) groups is 1. The number of aromatic nitrogens is 3. The van der Waals surface area contributed by atoms with Crippen LogP contribution in [0.25, 0.3) is 0 Å². The van der Waals surface area contributed by atoms with Gasteiger partial charge in [0.15, 0.2) is 5.16 Å². The second-order valence-electron chi connectivity index (χ2n) is 4.59. The number of rotatable bonds is 7. The molecule has 0 aromatic carbocycles. The summed E-state index contributed by atoms with van der Waals surface area (Å²) < 4.78 is 12.7. The summed E-state index contributed by atoms with van der Waals surface area (Å²) in [6.07, 6.45) is 3.24. The minimum atomic E-state index is -0.220. The highest BCUT2D eigenvalue weighted by molar-refractivity contribution is 7.99. The topological polar surface area (TPSA) is 66.2 Å². The Morgan fingerprint density at radius 2 is 2.35 bits per heavy atom. The summed E-state index contributed by atoms with van der Waals surface area (Å²) in [5.74, 6) is 0.982. The van der Waals surface area contributed by atoms with Crippen molar-refractivity contribution in [1.82, 2.24) is 14.8 Å². The van der Waals surface area contributed by atoms with Crippen molar-refractivity contribution in [3.63, 3.8) is 0 Å². The Bertz CT molecular complexity index is 444. The predicted octanol–water partition coefficient (Wildman–Crippen LogP) is 1.67. The predicted molar refractivity (Wildman–Crippen MR) is 75.7 cm³/mol. The molecule has 6 nitrogen and oxygen atoms in total. The molecule has 1 aromatic rings. The Kier molecular flexibility index (Phi) is 5.85. The molecule has 0 aliphatic carbocycles. The number of carbonyl (C=O) groups excluding carboxylic acids is 1. The van der Waals surface area contributed by atoms with Gasteiger partial charge in [-0.3, -0.25) is 4.79 Å². The summed E-state index contributed by atoms with van der Waals surface area (Å²) in [4.78, 5) is 11.4. The highest BCUT2D eigenvalue weighted by atomic mass is 32.2. The third-order valence-electron chi connectivity index (χ3n) is 3.14. The minimum Gasteiger partial charge on any atom is -0.465 e. The number of esters is 1. The van der Waals surface area contributed by atoms with Crippen LogP contribution in [0.2, 0.25) is 0 Å². The van der Waals surface area contributed by atoms with Crippen molar-refractivity contribution in [2.24, 2.45) is 0 Å². The lowest BCUT2D eigenvalue weighted by Crippen LogP contribution is -2.18. The van der Waals surface area contributed by atoms with Crippen molar-refractivity contribution < 1.29 is 14.3 Å². The molecule has 112 valence electrons. The molecule has 20 heavy (non-hydrogen) atoms. The number of carbonyl (C=O) groups is 1. The van der Waals surface area contributed by atoms with E-state index < -0.39 is 0 Å². The molecule has 0 saturated carbocycles. The van der Waals surface area contributed by atoms with Gasteiger partial charge in [0.1, 0.15) is 5.82 Å². The van der Waals surface area contributed by atoms with E-state index in [9.17, 15) is 4.79 Å². The Morgan fingerprint density at radius 1 is 1.50 bits per heavy atom. The monoisotopic (exact) mass is 299 g/mol. The van der Waals surface area contributed by atoms with Gasteiger partial charge in [-0.15, -0.1) is 10.2 Å². The molecular weight excluding hydrogens is 278 g/mol. The van der Waals surface area contributed by atoms with Crippen molar-refractivity contribution in [3.8, 4) is 0 Å². The maximum absolute atomic E-state index is 11.4. The lowest BCUT2D eigenvalue weighted by Gasteiger charge is -2.13. The van der Waals surface area contributed by atoms with E-state index in [4.69, 9.17) is 9.47 Å². The Balaban J connectivity index is 2.00. The quantitative estimate of drug-likeness (QED) is 0.564. The normalized spacial score (nSPS) is 18.4. The number of aryl methyl sites for hydroxylation is 1. The largest absolute Gasteiger partial charge is 0.465 e. The third kappa shape index (κ3) is 3.96. The van der Waals surface area contributed by atoms with Gasteiger partial charge >= 0.3 is 5.97 Å². The van der Waals surface area contributed by atoms with Crippen LogP contribution in [0.5, 0.6) is 0 Å². The van der Waals surface area contributed by atoms with E-state index in [0.717, 1.165) is 43.4 Å². The van der Waals surface area contributed by atoms with Gasteiger partial charge in [0, 0.05) is 13.0 Å². The summed E-state index contributed by atoms with van der Waals surface area (Å²) in [6.45, 7) is 5.86. The van der Waals surface area contributed by atoms with Crippen LogP contribution >= 0.6 is 11.8 Å². The Morgan fingerprint density at radius 3 is 3.00 bits per heavy atom. The lowest BCUT2D eigenvalue weighted by atomic mass is 10.2. The fourth-order valence-corrected chi connectivity index (χ4v) is 2.95. The van der Waals surface area contributed by atoms with E-state index in [0.29, 0.717) is 6.61 Å². The van der Waals surface area contributed by atoms with Crippen LogP contribution in [0.4, 0.5) is 0 Å². The molecule has 0 spiro atoms. The van der Waals surface area contributed by atoms with Crippen molar-refractivity contribution >= 4 is 17.7 Å². The molecular formula is C13H21N3O3S. The first-order valence-electron chi connectivity index (χ1n) is 7.06. The molecule has 0 N–H and O–H groups in total. The van der Waals surface area contributed by atoms with E-state index in [1.165, 1.54) is 11.8 Å². The van der Waals surface area contributed by atoms with Crippen molar-refractivity contribution in [2.45, 2.75) is 50.9 Å². The minimum absolute atomic E-state index is 0.220. The SMILES string of the molecule is CCOC(=O)CSc1nnc(CC)n1CC1CCCO1. The van der Waals surface area contributed by atoms with E-state index in [1.54, 1.807) is 6.92 Å². The molecule has 2 rings (SSSR count). The van der Waals surface area contributed by atoms with Gasteiger partial charge in [-0.25, -0.2) is 0 Å². The van der Waals surface area contributed by atoms with Gasteiger partial charge in [-0.1, -0.05) is 18.7 Å². The summed E-state index contributed by atoms with van der Waals surface area (Å²) in [5, 5.41) is 9.13. The van der Waals surface area contributed by atoms with E-state index in [2.05, 4.69) is 21.7 Å². The van der Waals surface area contributed by atoms with Crippen molar-refractivity contribution in [1.29, 1.82) is 0 Å². The molecule has 1 fully saturated rings. The molecule has 1 aliphatic rings. The van der Waals surface area contributed by atoms with Gasteiger partial charge in [-0.2, -0.15) is 0 Å². The second-order valence-corrected chi connectivity index (χ2v) is 5.53. The maximum atomic E-state index is 11.4. The zero-order valence-electron chi connectivity index (χ0n) is 12.0. The van der Waals surface area contributed by atoms with Crippen molar-refractivity contribution in [2.75, 3.05) is 19.0 Å². The van der Waals surface area contributed by atoms with Gasteiger partial charge in [0.05, 0.1) is 25.0 Å². The summed E-state index contributed by atoms with van der Waals surface area (Å²) in [5.41, 5.74) is 0. The highest BCUT2D eigenvalue weighted by Crippen LogP contribution is 2.21. The van der Waals surface area contributed by atoms with Gasteiger partial charge in [-0.05, 0) is 19.8 Å². The molecule has 7 heteroatoms. The molecule has 1 aliphatic heterocycles. The first-order chi connectivity index (χ1) is 9.74. The summed E-state index contributed by atoms with van der Waals surface area (Å²) >= 11 is 1.37. The van der Waals surface area contributed by atoms with E-state index in [-0.39, 0.29) is 17.8 Å². The van der Waals surface area contributed by atoms with Crippen LogP contribution in [-0.2, 0) is 27.2 Å². The number of nitrogens with zero attached hydrogens (tertiary/aromatic N) is 3.